The lowest BCUT2D eigenvalue weighted by Crippen LogP contribution is -2.12. The number of carboxylic acid groups (broad SMARTS) is 2. The first kappa shape index (κ1) is 73.6. The third-order valence-corrected chi connectivity index (χ3v) is 12.0. The van der Waals surface area contributed by atoms with Gasteiger partial charge in [-0.3, -0.25) is 18.9 Å². The summed E-state index contributed by atoms with van der Waals surface area (Å²) in [6, 6.07) is 21.6. The molecule has 0 aliphatic heterocycles. The predicted octanol–water partition coefficient (Wildman–Crippen LogP) is 9.58. The highest BCUT2D eigenvalue weighted by molar-refractivity contribution is 14.1. The Labute approximate surface area is 500 Å². The number of aryl methyl sites for hydroxylation is 2. The van der Waals surface area contributed by atoms with Crippen LogP contribution in [-0.2, 0) is 50.7 Å². The highest BCUT2D eigenvalue weighted by Gasteiger charge is 2.24. The molecule has 0 bridgehead atoms. The number of nitro groups is 1. The van der Waals surface area contributed by atoms with Crippen molar-refractivity contribution in [3.05, 3.63) is 171 Å². The van der Waals surface area contributed by atoms with E-state index in [1.165, 1.54) is 73.0 Å². The SMILES string of the molecule is COC(=O)c1ccc(CCCCCF)cc1C(=O)OC.COC(=O)c1ccc(I)cc1C(=O)OC.COC(=O)c1ccc(N)cc1C(=O)OC.COC(=O)c1ccc([N+](=O)[O-])cc1C(=O)OC.O=C(O)c1ccc(CCCCCF)cc1C(=O)O. The minimum absolute atomic E-state index is 0.0787. The van der Waals surface area contributed by atoms with Crippen LogP contribution in [0.25, 0.3) is 0 Å². The van der Waals surface area contributed by atoms with Crippen molar-refractivity contribution >= 4 is 93.7 Å². The molecular weight excluding hydrogens is 1240 g/mol. The summed E-state index contributed by atoms with van der Waals surface area (Å²) in [6.07, 6.45) is 5.52. The molecule has 0 spiro atoms. The molecule has 0 saturated carbocycles. The van der Waals surface area contributed by atoms with E-state index >= 15 is 0 Å². The first-order valence-electron chi connectivity index (χ1n) is 24.9. The number of non-ortho nitro benzene ring substituents is 1. The van der Waals surface area contributed by atoms with Gasteiger partial charge in [-0.2, -0.15) is 0 Å². The van der Waals surface area contributed by atoms with Crippen molar-refractivity contribution in [3.63, 3.8) is 0 Å². The van der Waals surface area contributed by atoms with Crippen molar-refractivity contribution in [2.75, 3.05) is 76.0 Å². The fourth-order valence-electron chi connectivity index (χ4n) is 7.05. The molecule has 0 fully saturated rings. The van der Waals surface area contributed by atoms with Gasteiger partial charge < -0.3 is 53.8 Å². The zero-order valence-electron chi connectivity index (χ0n) is 47.4. The number of rotatable bonds is 21. The topological polar surface area (TPSA) is 354 Å². The number of aromatic carboxylic acids is 2. The summed E-state index contributed by atoms with van der Waals surface area (Å²) in [5.41, 5.74) is 7.60. The van der Waals surface area contributed by atoms with Gasteiger partial charge in [0.25, 0.3) is 5.69 Å². The summed E-state index contributed by atoms with van der Waals surface area (Å²) < 4.78 is 61.1. The van der Waals surface area contributed by atoms with E-state index < -0.39 is 64.6 Å². The Morgan fingerprint density at radius 3 is 1.08 bits per heavy atom. The number of carbonyl (C=O) groups is 10. The van der Waals surface area contributed by atoms with Crippen molar-refractivity contribution in [3.8, 4) is 0 Å². The fraction of sp³-hybridized carbons (Fsp3) is 0.310. The Morgan fingerprint density at radius 2 is 0.718 bits per heavy atom. The number of carbonyl (C=O) groups excluding carboxylic acids is 8. The molecular formula is C58H63F2IN2O22. The number of benzene rings is 5. The molecule has 0 amide bonds. The van der Waals surface area contributed by atoms with Crippen LogP contribution in [-0.4, -0.2) is 145 Å². The summed E-state index contributed by atoms with van der Waals surface area (Å²) in [7, 11) is 9.77. The van der Waals surface area contributed by atoms with E-state index in [1.54, 1.807) is 42.5 Å². The number of carboxylic acids is 2. The molecule has 0 aliphatic carbocycles. The Hall–Kier alpha value is -9.41. The van der Waals surface area contributed by atoms with Crippen LogP contribution in [0.4, 0.5) is 20.2 Å². The molecule has 5 aromatic carbocycles. The van der Waals surface area contributed by atoms with Gasteiger partial charge in [-0.25, -0.2) is 47.9 Å². The first-order valence-corrected chi connectivity index (χ1v) is 26.0. The van der Waals surface area contributed by atoms with E-state index in [9.17, 15) is 66.8 Å². The van der Waals surface area contributed by atoms with E-state index in [4.69, 9.17) is 15.9 Å². The predicted molar refractivity (Wildman–Crippen MR) is 308 cm³/mol. The van der Waals surface area contributed by atoms with Crippen molar-refractivity contribution in [1.29, 1.82) is 0 Å². The number of ether oxygens (including phenoxy) is 8. The van der Waals surface area contributed by atoms with Gasteiger partial charge in [0, 0.05) is 21.4 Å². The van der Waals surface area contributed by atoms with E-state index in [1.807, 2.05) is 22.6 Å². The number of nitro benzene ring substituents is 1. The van der Waals surface area contributed by atoms with Gasteiger partial charge in [0.2, 0.25) is 0 Å². The van der Waals surface area contributed by atoms with Crippen LogP contribution in [0.1, 0.15) is 153 Å². The maximum absolute atomic E-state index is 12.0. The van der Waals surface area contributed by atoms with Crippen molar-refractivity contribution in [2.24, 2.45) is 0 Å². The van der Waals surface area contributed by atoms with Gasteiger partial charge in [0.05, 0.1) is 131 Å². The second kappa shape index (κ2) is 39.1. The highest BCUT2D eigenvalue weighted by Crippen LogP contribution is 2.22. The van der Waals surface area contributed by atoms with E-state index in [0.717, 1.165) is 79.2 Å². The number of nitrogens with two attached hydrogens (primary N) is 1. The number of anilines is 1. The zero-order chi connectivity index (χ0) is 64.3. The van der Waals surface area contributed by atoms with E-state index in [-0.39, 0.29) is 74.7 Å². The molecule has 0 aromatic heterocycles. The summed E-state index contributed by atoms with van der Waals surface area (Å²) in [5.74, 6) is -7.58. The molecule has 0 radical (unpaired) electrons. The number of nitrogens with zero attached hydrogens (tertiary/aromatic N) is 1. The average molecular weight is 1310 g/mol. The Kier molecular flexibility index (Phi) is 33.9. The molecule has 458 valence electrons. The van der Waals surface area contributed by atoms with Gasteiger partial charge in [0.1, 0.15) is 0 Å². The monoisotopic (exact) mass is 1300 g/mol. The molecule has 24 nitrogen and oxygen atoms in total. The van der Waals surface area contributed by atoms with Crippen molar-refractivity contribution in [2.45, 2.75) is 51.4 Å². The average Bonchev–Trinajstić information content (AvgIpc) is 3.62. The second-order valence-corrected chi connectivity index (χ2v) is 18.0. The van der Waals surface area contributed by atoms with Crippen molar-refractivity contribution < 1.29 is 110 Å². The van der Waals surface area contributed by atoms with Crippen LogP contribution in [0.15, 0.2) is 91.0 Å². The van der Waals surface area contributed by atoms with Crippen molar-refractivity contribution in [1.82, 2.24) is 0 Å². The van der Waals surface area contributed by atoms with Gasteiger partial charge in [-0.1, -0.05) is 25.0 Å². The van der Waals surface area contributed by atoms with Crippen LogP contribution in [0.2, 0.25) is 0 Å². The van der Waals surface area contributed by atoms with E-state index in [2.05, 4.69) is 37.9 Å². The quantitative estimate of drug-likeness (QED) is 0.0117. The van der Waals surface area contributed by atoms with E-state index in [0.29, 0.717) is 24.9 Å². The smallest absolute Gasteiger partial charge is 0.338 e. The Balaban J connectivity index is 0.000000533. The number of esters is 8. The van der Waals surface area contributed by atoms with Crippen LogP contribution < -0.4 is 5.73 Å². The van der Waals surface area contributed by atoms with Crippen LogP contribution in [0, 0.1) is 13.7 Å². The summed E-state index contributed by atoms with van der Waals surface area (Å²) >= 11 is 2.05. The number of methoxy groups -OCH3 is 8. The second-order valence-electron chi connectivity index (χ2n) is 16.8. The minimum atomic E-state index is -1.25. The standard InChI is InChI=1S/C15H19FO4.C13H15FO4.C10H9IO4.C10H9NO6.C10H11NO4/c1-19-14(17)12-8-7-11(6-4-3-5-9-16)10-13(12)15(18)20-2;14-7-3-1-2-4-9-5-6-10(12(15)16)11(8-9)13(17)18;1-14-9(12)7-4-3-6(11)5-8(7)10(13)15-2;1-16-9(12)7-4-3-6(11(14)15)5-8(7)10(13)17-2;1-14-9(12)7-4-3-6(11)5-8(7)10(13)15-2/h7-8,10H,3-6,9H2,1-2H3;5-6,8H,1-4,7H2,(H,15,16)(H,17,18);3-5H,1-2H3;3-5H,1-2H3;3-5H,11H2,1-2H3. The Bertz CT molecular complexity index is 3090. The summed E-state index contributed by atoms with van der Waals surface area (Å²) in [4.78, 5) is 123. The lowest BCUT2D eigenvalue weighted by Gasteiger charge is -2.09. The van der Waals surface area contributed by atoms with Gasteiger partial charge >= 0.3 is 59.7 Å². The van der Waals surface area contributed by atoms with Gasteiger partial charge in [0.15, 0.2) is 0 Å². The molecule has 0 atom stereocenters. The zero-order valence-corrected chi connectivity index (χ0v) is 49.6. The molecule has 27 heteroatoms. The van der Waals surface area contributed by atoms with Crippen LogP contribution >= 0.6 is 22.6 Å². The minimum Gasteiger partial charge on any atom is -0.478 e. The molecule has 85 heavy (non-hydrogen) atoms. The third-order valence-electron chi connectivity index (χ3n) is 11.3. The Morgan fingerprint density at radius 1 is 0.412 bits per heavy atom. The normalized spacial score (nSPS) is 9.82. The van der Waals surface area contributed by atoms with Crippen LogP contribution in [0.5, 0.6) is 0 Å². The van der Waals surface area contributed by atoms with Gasteiger partial charge in [-0.05, 0) is 139 Å². The molecule has 5 aromatic rings. The van der Waals surface area contributed by atoms with Crippen LogP contribution in [0.3, 0.4) is 0 Å². The number of hydrogen-bond donors (Lipinski definition) is 3. The number of unbranched alkanes of at least 4 members (excludes halogenated alkanes) is 4. The number of hydrogen-bond acceptors (Lipinski definition) is 21. The first-order chi connectivity index (χ1) is 40.4. The molecule has 0 heterocycles. The number of nitrogen functional groups attached to an aromatic ring is 1. The molecule has 4 N–H and O–H groups in total. The summed E-state index contributed by atoms with van der Waals surface area (Å²) in [6.45, 7) is -0.660. The number of halogens is 3. The third kappa shape index (κ3) is 24.1. The summed E-state index contributed by atoms with van der Waals surface area (Å²) in [5, 5.41) is 28.3. The molecule has 0 unspecified atom stereocenters. The lowest BCUT2D eigenvalue weighted by atomic mass is 10.00. The molecule has 5 rings (SSSR count). The fourth-order valence-corrected chi connectivity index (χ4v) is 7.54. The maximum Gasteiger partial charge on any atom is 0.338 e. The van der Waals surface area contributed by atoms with Gasteiger partial charge in [-0.15, -0.1) is 0 Å². The number of alkyl halides is 2. The molecule has 0 saturated heterocycles. The maximum atomic E-state index is 12.0. The molecule has 0 aliphatic rings. The lowest BCUT2D eigenvalue weighted by molar-refractivity contribution is -0.384. The largest absolute Gasteiger partial charge is 0.478 e. The highest BCUT2D eigenvalue weighted by atomic mass is 127.